The maximum Gasteiger partial charge on any atom is 0.223 e. The van der Waals surface area contributed by atoms with Gasteiger partial charge >= 0.3 is 0 Å². The zero-order chi connectivity index (χ0) is 20.5. The SMILES string of the molecule is COc1ccc2c(c1)C(=O)CC1(CCN(C(=O)CC34CC5CC(CC(C5)C3)C4)C1)O2. The minimum atomic E-state index is -0.560. The van der Waals surface area contributed by atoms with Gasteiger partial charge in [-0.15, -0.1) is 0 Å². The van der Waals surface area contributed by atoms with Crippen molar-refractivity contribution in [2.24, 2.45) is 23.2 Å². The van der Waals surface area contributed by atoms with E-state index in [1.807, 2.05) is 17.0 Å². The van der Waals surface area contributed by atoms with Crippen LogP contribution in [0.3, 0.4) is 0 Å². The molecule has 7 rings (SSSR count). The fraction of sp³-hybridized carbons (Fsp3) is 0.680. The van der Waals surface area contributed by atoms with E-state index in [4.69, 9.17) is 9.47 Å². The van der Waals surface area contributed by atoms with Crippen LogP contribution in [0.2, 0.25) is 0 Å². The van der Waals surface area contributed by atoms with E-state index >= 15 is 0 Å². The molecule has 160 valence electrons. The lowest BCUT2D eigenvalue weighted by Crippen LogP contribution is -2.49. The molecule has 1 saturated heterocycles. The number of carbonyl (C=O) groups is 2. The predicted molar refractivity (Wildman–Crippen MR) is 112 cm³/mol. The highest BCUT2D eigenvalue weighted by Gasteiger charge is 2.53. The third-order valence-corrected chi connectivity index (χ3v) is 8.66. The normalized spacial score (nSPS) is 38.6. The Bertz CT molecular complexity index is 873. The summed E-state index contributed by atoms with van der Waals surface area (Å²) in [6, 6.07) is 5.42. The summed E-state index contributed by atoms with van der Waals surface area (Å²) in [5.41, 5.74) is 0.294. The number of likely N-dealkylation sites (tertiary alicyclic amines) is 1. The Hall–Kier alpha value is -2.04. The third-order valence-electron chi connectivity index (χ3n) is 8.66. The van der Waals surface area contributed by atoms with Crippen LogP contribution in [0.4, 0.5) is 0 Å². The molecule has 0 N–H and O–H groups in total. The van der Waals surface area contributed by atoms with Crippen molar-refractivity contribution in [2.75, 3.05) is 20.2 Å². The number of methoxy groups -OCH3 is 1. The summed E-state index contributed by atoms with van der Waals surface area (Å²) in [7, 11) is 1.60. The van der Waals surface area contributed by atoms with Crippen molar-refractivity contribution in [3.05, 3.63) is 23.8 Å². The summed E-state index contributed by atoms with van der Waals surface area (Å²) in [6.45, 7) is 1.24. The van der Waals surface area contributed by atoms with Crippen molar-refractivity contribution in [3.63, 3.8) is 0 Å². The molecule has 1 aromatic rings. The van der Waals surface area contributed by atoms with Gasteiger partial charge in [-0.05, 0) is 79.9 Å². The van der Waals surface area contributed by atoms with E-state index < -0.39 is 5.60 Å². The minimum Gasteiger partial charge on any atom is -0.497 e. The molecule has 1 spiro atoms. The van der Waals surface area contributed by atoms with Crippen LogP contribution in [0.1, 0.15) is 68.1 Å². The maximum absolute atomic E-state index is 13.3. The van der Waals surface area contributed by atoms with E-state index in [1.165, 1.54) is 38.5 Å². The number of nitrogens with zero attached hydrogens (tertiary/aromatic N) is 1. The number of hydrogen-bond donors (Lipinski definition) is 0. The number of hydrogen-bond acceptors (Lipinski definition) is 4. The summed E-state index contributed by atoms with van der Waals surface area (Å²) in [5, 5.41) is 0. The lowest BCUT2D eigenvalue weighted by Gasteiger charge is -2.57. The van der Waals surface area contributed by atoms with Crippen molar-refractivity contribution in [1.82, 2.24) is 4.90 Å². The van der Waals surface area contributed by atoms with Gasteiger partial charge in [-0.25, -0.2) is 0 Å². The van der Waals surface area contributed by atoms with Crippen LogP contribution in [0.15, 0.2) is 18.2 Å². The first-order chi connectivity index (χ1) is 14.4. The molecule has 1 amide bonds. The Kier molecular flexibility index (Phi) is 4.04. The molecule has 0 radical (unpaired) electrons. The number of rotatable bonds is 3. The highest BCUT2D eigenvalue weighted by molar-refractivity contribution is 6.01. The largest absolute Gasteiger partial charge is 0.497 e. The van der Waals surface area contributed by atoms with Crippen LogP contribution < -0.4 is 9.47 Å². The molecule has 2 aliphatic heterocycles. The molecular weight excluding hydrogens is 378 g/mol. The highest BCUT2D eigenvalue weighted by Crippen LogP contribution is 2.61. The molecule has 6 aliphatic rings. The molecule has 0 aromatic heterocycles. The van der Waals surface area contributed by atoms with Crippen molar-refractivity contribution < 1.29 is 19.1 Å². The Morgan fingerprint density at radius 1 is 1.17 bits per heavy atom. The van der Waals surface area contributed by atoms with Crippen LogP contribution >= 0.6 is 0 Å². The number of ketones is 1. The van der Waals surface area contributed by atoms with E-state index in [-0.39, 0.29) is 17.1 Å². The van der Waals surface area contributed by atoms with E-state index in [0.717, 1.165) is 24.2 Å². The number of fused-ring (bicyclic) bond motifs is 1. The van der Waals surface area contributed by atoms with Crippen molar-refractivity contribution >= 4 is 11.7 Å². The quantitative estimate of drug-likeness (QED) is 0.749. The van der Waals surface area contributed by atoms with Gasteiger partial charge in [0, 0.05) is 19.4 Å². The Labute approximate surface area is 178 Å². The van der Waals surface area contributed by atoms with Gasteiger partial charge in [0.25, 0.3) is 0 Å². The number of carbonyl (C=O) groups excluding carboxylic acids is 2. The summed E-state index contributed by atoms with van der Waals surface area (Å²) in [4.78, 5) is 28.2. The average molecular weight is 410 g/mol. The van der Waals surface area contributed by atoms with Crippen LogP contribution in [0.5, 0.6) is 11.5 Å². The summed E-state index contributed by atoms with van der Waals surface area (Å²) in [5.74, 6) is 4.25. The highest BCUT2D eigenvalue weighted by atomic mass is 16.5. The van der Waals surface area contributed by atoms with Gasteiger partial charge in [0.2, 0.25) is 5.91 Å². The Balaban J connectivity index is 1.16. The van der Waals surface area contributed by atoms with Gasteiger partial charge in [0.15, 0.2) is 5.78 Å². The van der Waals surface area contributed by atoms with E-state index in [9.17, 15) is 9.59 Å². The van der Waals surface area contributed by atoms with Gasteiger partial charge in [-0.3, -0.25) is 9.59 Å². The molecule has 30 heavy (non-hydrogen) atoms. The first-order valence-corrected chi connectivity index (χ1v) is 11.6. The molecule has 5 nitrogen and oxygen atoms in total. The topological polar surface area (TPSA) is 55.8 Å². The number of amides is 1. The van der Waals surface area contributed by atoms with Gasteiger partial charge in [0.1, 0.15) is 17.1 Å². The maximum atomic E-state index is 13.3. The zero-order valence-electron chi connectivity index (χ0n) is 17.8. The van der Waals surface area contributed by atoms with E-state index in [2.05, 4.69) is 0 Å². The zero-order valence-corrected chi connectivity index (χ0v) is 17.8. The Morgan fingerprint density at radius 3 is 2.53 bits per heavy atom. The standard InChI is InChI=1S/C25H31NO4/c1-29-19-2-3-22-20(9-19)21(27)13-25(30-22)4-5-26(15-25)23(28)14-24-10-16-6-17(11-24)8-18(7-16)12-24/h2-3,9,16-18H,4-8,10-15H2,1H3. The van der Waals surface area contributed by atoms with Crippen LogP contribution in [0.25, 0.3) is 0 Å². The first kappa shape index (κ1) is 18.7. The average Bonchev–Trinajstić information content (AvgIpc) is 3.09. The molecule has 1 atom stereocenters. The Morgan fingerprint density at radius 2 is 1.87 bits per heavy atom. The fourth-order valence-corrected chi connectivity index (χ4v) is 7.82. The van der Waals surface area contributed by atoms with Crippen molar-refractivity contribution in [1.29, 1.82) is 0 Å². The third kappa shape index (κ3) is 2.96. The van der Waals surface area contributed by atoms with Crippen LogP contribution in [-0.4, -0.2) is 42.4 Å². The van der Waals surface area contributed by atoms with Crippen molar-refractivity contribution in [2.45, 2.75) is 63.4 Å². The van der Waals surface area contributed by atoms with Gasteiger partial charge in [-0.2, -0.15) is 0 Å². The molecule has 5 fully saturated rings. The summed E-state index contributed by atoms with van der Waals surface area (Å²) < 4.78 is 11.6. The summed E-state index contributed by atoms with van der Waals surface area (Å²) >= 11 is 0. The molecule has 4 saturated carbocycles. The van der Waals surface area contributed by atoms with E-state index in [1.54, 1.807) is 13.2 Å². The molecule has 5 heteroatoms. The molecular formula is C25H31NO4. The smallest absolute Gasteiger partial charge is 0.223 e. The minimum absolute atomic E-state index is 0.0885. The monoisotopic (exact) mass is 409 g/mol. The van der Waals surface area contributed by atoms with E-state index in [0.29, 0.717) is 43.0 Å². The van der Waals surface area contributed by atoms with Gasteiger partial charge in [-0.1, -0.05) is 0 Å². The molecule has 2 heterocycles. The second-order valence-electron chi connectivity index (χ2n) is 10.9. The van der Waals surface area contributed by atoms with Crippen molar-refractivity contribution in [3.8, 4) is 11.5 Å². The number of Topliss-reactive ketones (excluding diaryl/α,β-unsaturated/α-hetero) is 1. The van der Waals surface area contributed by atoms with Gasteiger partial charge in [0.05, 0.1) is 25.6 Å². The van der Waals surface area contributed by atoms with Gasteiger partial charge < -0.3 is 14.4 Å². The lowest BCUT2D eigenvalue weighted by atomic mass is 9.49. The lowest BCUT2D eigenvalue weighted by molar-refractivity contribution is -0.139. The second kappa shape index (κ2) is 6.48. The summed E-state index contributed by atoms with van der Waals surface area (Å²) in [6.07, 6.45) is 9.76. The molecule has 1 unspecified atom stereocenters. The first-order valence-electron chi connectivity index (χ1n) is 11.6. The molecule has 4 aliphatic carbocycles. The molecule has 1 aromatic carbocycles. The number of ether oxygens (including phenoxy) is 2. The molecule has 4 bridgehead atoms. The fourth-order valence-electron chi connectivity index (χ4n) is 7.82. The second-order valence-corrected chi connectivity index (χ2v) is 10.9. The van der Waals surface area contributed by atoms with Crippen LogP contribution in [-0.2, 0) is 4.79 Å². The number of benzene rings is 1. The van der Waals surface area contributed by atoms with Crippen LogP contribution in [0, 0.1) is 23.2 Å². The predicted octanol–water partition coefficient (Wildman–Crippen LogP) is 4.24.